The molecule has 3 unspecified atom stereocenters. The third kappa shape index (κ3) is 1.95. The van der Waals surface area contributed by atoms with Crippen LogP contribution in [0.1, 0.15) is 32.6 Å². The minimum atomic E-state index is 0.330. The molecule has 2 heterocycles. The molecule has 2 fully saturated rings. The van der Waals surface area contributed by atoms with Crippen LogP contribution in [0.25, 0.3) is 0 Å². The summed E-state index contributed by atoms with van der Waals surface area (Å²) in [5, 5.41) is 0. The molecule has 0 radical (unpaired) electrons. The first kappa shape index (κ1) is 10.4. The Hall–Kier alpha value is -0.120. The van der Waals surface area contributed by atoms with Crippen LogP contribution in [-0.4, -0.2) is 42.8 Å². The molecule has 2 rings (SSSR count). The number of nitrogens with zero attached hydrogens (tertiary/aromatic N) is 1. The Balaban J connectivity index is 1.97. The van der Waals surface area contributed by atoms with Crippen LogP contribution in [0.5, 0.6) is 0 Å². The largest absolute Gasteiger partial charge is 0.380 e. The normalized spacial score (nSPS) is 40.3. The molecular weight excluding hydrogens is 176 g/mol. The van der Waals surface area contributed by atoms with E-state index in [1.807, 2.05) is 0 Å². The van der Waals surface area contributed by atoms with Gasteiger partial charge in [-0.15, -0.1) is 0 Å². The van der Waals surface area contributed by atoms with Gasteiger partial charge in [-0.3, -0.25) is 4.90 Å². The van der Waals surface area contributed by atoms with Crippen LogP contribution in [0, 0.1) is 0 Å². The average molecular weight is 198 g/mol. The van der Waals surface area contributed by atoms with Gasteiger partial charge in [0, 0.05) is 24.7 Å². The van der Waals surface area contributed by atoms with Gasteiger partial charge in [0.25, 0.3) is 0 Å². The number of nitrogens with two attached hydrogens (primary N) is 1. The zero-order chi connectivity index (χ0) is 9.97. The van der Waals surface area contributed by atoms with Gasteiger partial charge in [0.15, 0.2) is 0 Å². The van der Waals surface area contributed by atoms with Crippen LogP contribution < -0.4 is 5.73 Å². The fourth-order valence-electron chi connectivity index (χ4n) is 2.81. The van der Waals surface area contributed by atoms with Crippen LogP contribution in [0.15, 0.2) is 0 Å². The van der Waals surface area contributed by atoms with Crippen molar-refractivity contribution in [1.29, 1.82) is 0 Å². The van der Waals surface area contributed by atoms with Crippen molar-refractivity contribution in [1.82, 2.24) is 4.90 Å². The number of hydrogen-bond acceptors (Lipinski definition) is 3. The molecule has 3 heteroatoms. The van der Waals surface area contributed by atoms with Gasteiger partial charge < -0.3 is 10.5 Å². The Labute approximate surface area is 86.6 Å². The first-order valence-corrected chi connectivity index (χ1v) is 5.92. The molecule has 0 aromatic carbocycles. The maximum absolute atomic E-state index is 6.15. The second-order valence-electron chi connectivity index (χ2n) is 4.54. The van der Waals surface area contributed by atoms with E-state index in [4.69, 9.17) is 10.5 Å². The molecule has 0 saturated carbocycles. The zero-order valence-corrected chi connectivity index (χ0v) is 9.11. The van der Waals surface area contributed by atoms with Gasteiger partial charge in [-0.05, 0) is 32.2 Å². The second-order valence-corrected chi connectivity index (χ2v) is 4.54. The van der Waals surface area contributed by atoms with Crippen LogP contribution >= 0.6 is 0 Å². The summed E-state index contributed by atoms with van der Waals surface area (Å²) in [4.78, 5) is 2.59. The molecule has 0 aliphatic carbocycles. The molecule has 2 saturated heterocycles. The van der Waals surface area contributed by atoms with E-state index in [1.54, 1.807) is 0 Å². The lowest BCUT2D eigenvalue weighted by molar-refractivity contribution is 0.000439. The summed E-state index contributed by atoms with van der Waals surface area (Å²) in [5.74, 6) is 0. The predicted molar refractivity (Wildman–Crippen MR) is 57.2 cm³/mol. The van der Waals surface area contributed by atoms with Gasteiger partial charge in [-0.2, -0.15) is 0 Å². The van der Waals surface area contributed by atoms with Crippen LogP contribution in [-0.2, 0) is 4.74 Å². The van der Waals surface area contributed by atoms with E-state index in [0.29, 0.717) is 12.1 Å². The molecule has 0 aromatic heterocycles. The van der Waals surface area contributed by atoms with Crippen LogP contribution in [0.4, 0.5) is 0 Å². The third-order valence-electron chi connectivity index (χ3n) is 3.70. The summed E-state index contributed by atoms with van der Waals surface area (Å²) in [6, 6.07) is 1.57. The van der Waals surface area contributed by atoms with Crippen molar-refractivity contribution in [2.75, 3.05) is 19.8 Å². The minimum absolute atomic E-state index is 0.330. The molecule has 3 atom stereocenters. The lowest BCUT2D eigenvalue weighted by Crippen LogP contribution is -2.54. The summed E-state index contributed by atoms with van der Waals surface area (Å²) in [6.45, 7) is 5.19. The van der Waals surface area contributed by atoms with E-state index < -0.39 is 0 Å². The molecule has 2 aliphatic rings. The van der Waals surface area contributed by atoms with E-state index in [-0.39, 0.29) is 0 Å². The molecule has 0 bridgehead atoms. The highest BCUT2D eigenvalue weighted by Gasteiger charge is 2.34. The van der Waals surface area contributed by atoms with Crippen molar-refractivity contribution in [3.63, 3.8) is 0 Å². The van der Waals surface area contributed by atoms with Crippen LogP contribution in [0.3, 0.4) is 0 Å². The van der Waals surface area contributed by atoms with Crippen molar-refractivity contribution in [2.24, 2.45) is 5.73 Å². The van der Waals surface area contributed by atoms with Gasteiger partial charge >= 0.3 is 0 Å². The molecule has 0 aromatic rings. The highest BCUT2D eigenvalue weighted by atomic mass is 16.5. The van der Waals surface area contributed by atoms with E-state index in [2.05, 4.69) is 11.8 Å². The van der Waals surface area contributed by atoms with Crippen molar-refractivity contribution >= 4 is 0 Å². The lowest BCUT2D eigenvalue weighted by Gasteiger charge is -2.38. The molecule has 0 amide bonds. The predicted octanol–water partition coefficient (Wildman–Crippen LogP) is 0.977. The zero-order valence-electron chi connectivity index (χ0n) is 9.11. The second kappa shape index (κ2) is 4.60. The maximum Gasteiger partial charge on any atom is 0.0637 e. The topological polar surface area (TPSA) is 38.5 Å². The molecule has 0 spiro atoms. The standard InChI is InChI=1S/C11H22N2O/c1-2-9-4-3-6-13(9)11-8-14-7-5-10(11)12/h9-11H,2-8,12H2,1H3. The Morgan fingerprint density at radius 1 is 1.43 bits per heavy atom. The number of ether oxygens (including phenoxy) is 1. The van der Waals surface area contributed by atoms with E-state index in [0.717, 1.165) is 25.7 Å². The van der Waals surface area contributed by atoms with Crippen molar-refractivity contribution in [2.45, 2.75) is 50.7 Å². The third-order valence-corrected chi connectivity index (χ3v) is 3.70. The minimum Gasteiger partial charge on any atom is -0.380 e. The molecule has 82 valence electrons. The van der Waals surface area contributed by atoms with Gasteiger partial charge in [-0.1, -0.05) is 6.92 Å². The first-order chi connectivity index (χ1) is 6.83. The molecule has 2 N–H and O–H groups in total. The SMILES string of the molecule is CCC1CCCN1C1COCCC1N. The van der Waals surface area contributed by atoms with Crippen molar-refractivity contribution in [3.05, 3.63) is 0 Å². The quantitative estimate of drug-likeness (QED) is 0.719. The van der Waals surface area contributed by atoms with Crippen molar-refractivity contribution < 1.29 is 4.74 Å². The van der Waals surface area contributed by atoms with Crippen LogP contribution in [0.2, 0.25) is 0 Å². The van der Waals surface area contributed by atoms with Crippen molar-refractivity contribution in [3.8, 4) is 0 Å². The molecule has 3 nitrogen and oxygen atoms in total. The summed E-state index contributed by atoms with van der Waals surface area (Å²) < 4.78 is 5.54. The summed E-state index contributed by atoms with van der Waals surface area (Å²) in [6.07, 6.45) is 4.96. The fourth-order valence-corrected chi connectivity index (χ4v) is 2.81. The Kier molecular flexibility index (Phi) is 3.42. The van der Waals surface area contributed by atoms with E-state index in [9.17, 15) is 0 Å². The number of rotatable bonds is 2. The smallest absolute Gasteiger partial charge is 0.0637 e. The molecular formula is C11H22N2O. The Morgan fingerprint density at radius 2 is 2.29 bits per heavy atom. The molecule has 2 aliphatic heterocycles. The number of hydrogen-bond donors (Lipinski definition) is 1. The first-order valence-electron chi connectivity index (χ1n) is 5.92. The summed E-state index contributed by atoms with van der Waals surface area (Å²) >= 11 is 0. The maximum atomic E-state index is 6.15. The Bertz CT molecular complexity index is 186. The number of likely N-dealkylation sites (tertiary alicyclic amines) is 1. The monoisotopic (exact) mass is 198 g/mol. The summed E-state index contributed by atoms with van der Waals surface area (Å²) in [7, 11) is 0. The highest BCUT2D eigenvalue weighted by Crippen LogP contribution is 2.25. The fraction of sp³-hybridized carbons (Fsp3) is 1.00. The Morgan fingerprint density at radius 3 is 3.00 bits per heavy atom. The van der Waals surface area contributed by atoms with Gasteiger partial charge in [0.2, 0.25) is 0 Å². The van der Waals surface area contributed by atoms with Gasteiger partial charge in [-0.25, -0.2) is 0 Å². The summed E-state index contributed by atoms with van der Waals surface area (Å²) in [5.41, 5.74) is 6.15. The van der Waals surface area contributed by atoms with E-state index in [1.165, 1.54) is 25.8 Å². The highest BCUT2D eigenvalue weighted by molar-refractivity contribution is 4.91. The van der Waals surface area contributed by atoms with Gasteiger partial charge in [0.1, 0.15) is 0 Å². The van der Waals surface area contributed by atoms with E-state index >= 15 is 0 Å². The van der Waals surface area contributed by atoms with Gasteiger partial charge in [0.05, 0.1) is 6.61 Å². The average Bonchev–Trinajstić information content (AvgIpc) is 2.66. The molecule has 14 heavy (non-hydrogen) atoms. The lowest BCUT2D eigenvalue weighted by atomic mass is 10.0.